The number of carboxylic acid groups (broad SMARTS) is 1. The van der Waals surface area contributed by atoms with E-state index < -0.39 is 35.6 Å². The highest BCUT2D eigenvalue weighted by Crippen LogP contribution is 2.42. The van der Waals surface area contributed by atoms with Crippen LogP contribution in [0.25, 0.3) is 22.5 Å². The molecule has 0 radical (unpaired) electrons. The highest BCUT2D eigenvalue weighted by Gasteiger charge is 2.65. The number of hydrogen-bond donors (Lipinski definition) is 6. The molecule has 1 atom stereocenters. The molecule has 1 aliphatic carbocycles. The first kappa shape index (κ1) is 43.4. The summed E-state index contributed by atoms with van der Waals surface area (Å²) in [4.78, 5) is 52.3. The van der Waals surface area contributed by atoms with Crippen molar-refractivity contribution in [2.75, 3.05) is 11.9 Å². The minimum Gasteiger partial charge on any atom is -0.477 e. The van der Waals surface area contributed by atoms with Gasteiger partial charge in [0.2, 0.25) is 17.6 Å². The van der Waals surface area contributed by atoms with Crippen molar-refractivity contribution in [3.8, 4) is 22.5 Å². The Morgan fingerprint density at radius 1 is 0.893 bits per heavy atom. The van der Waals surface area contributed by atoms with Crippen molar-refractivity contribution in [1.82, 2.24) is 25.8 Å². The Morgan fingerprint density at radius 3 is 2.09 bits per heavy atom. The summed E-state index contributed by atoms with van der Waals surface area (Å²) < 4.78 is 55.8. The third kappa shape index (κ3) is 9.90. The summed E-state index contributed by atoms with van der Waals surface area (Å²) in [6.45, 7) is 6.25. The standard InChI is InChI=1S/C39H43F4N7O5.ClH/c1-21(2)45-34(52)28-14-17-30(22(3)18-28)25-8-4-23(5-9-25)19-31(47-33(51)27-10-6-24(20-44)7-11-27)35(53)46-29-15-12-26(13-16-29)32-48-36(50-49-32)38(40,41)39(42,43)37(54)55;/h4-5,8-9,12-18,21,24,27,31H,6-7,10-11,19-20,44H2,1-3H3,(H,45,52)(H,46,53)(H,47,51)(H,54,55)(H,48,49,50);1H/t24-,27-,31-;/m0./s1. The summed E-state index contributed by atoms with van der Waals surface area (Å²) in [5, 5.41) is 23.6. The molecule has 7 N–H and O–H groups in total. The second-order valence-electron chi connectivity index (χ2n) is 14.1. The van der Waals surface area contributed by atoms with Crippen LogP contribution in [0, 0.1) is 18.8 Å². The van der Waals surface area contributed by atoms with Gasteiger partial charge in [0.15, 0.2) is 5.82 Å². The summed E-state index contributed by atoms with van der Waals surface area (Å²) >= 11 is 0. The molecule has 4 aromatic rings. The molecule has 0 bridgehead atoms. The Labute approximate surface area is 326 Å². The quantitative estimate of drug-likeness (QED) is 0.0806. The highest BCUT2D eigenvalue weighted by molar-refractivity contribution is 5.98. The number of aromatic nitrogens is 3. The lowest BCUT2D eigenvalue weighted by atomic mass is 9.81. The number of carboxylic acids is 1. The molecule has 0 aliphatic heterocycles. The summed E-state index contributed by atoms with van der Waals surface area (Å²) in [6.07, 6.45) is 3.08. The average molecular weight is 802 g/mol. The van der Waals surface area contributed by atoms with E-state index in [1.165, 1.54) is 24.3 Å². The molecule has 0 spiro atoms. The Morgan fingerprint density at radius 2 is 1.52 bits per heavy atom. The molecule has 5 rings (SSSR count). The predicted molar refractivity (Wildman–Crippen MR) is 204 cm³/mol. The molecule has 56 heavy (non-hydrogen) atoms. The number of benzene rings is 3. The number of alkyl halides is 4. The molecule has 0 saturated heterocycles. The van der Waals surface area contributed by atoms with E-state index in [0.717, 1.165) is 35.1 Å². The van der Waals surface area contributed by atoms with Gasteiger partial charge in [0.05, 0.1) is 0 Å². The molecule has 12 nitrogen and oxygen atoms in total. The fourth-order valence-electron chi connectivity index (χ4n) is 6.45. The number of nitrogens with two attached hydrogens (primary N) is 1. The SMILES string of the molecule is Cc1cc(C(=O)NC(C)C)ccc1-c1ccc(C[C@H](NC(=O)[C@H]2CC[C@H](CN)CC2)C(=O)Nc2ccc(-c3nnc(C(F)(F)C(F)(F)C(=O)O)[nH]3)cc2)cc1.Cl. The fraction of sp³-hybridized carbons (Fsp3) is 0.385. The van der Waals surface area contributed by atoms with E-state index in [-0.39, 0.29) is 59.7 Å². The number of nitrogens with zero attached hydrogens (tertiary/aromatic N) is 2. The van der Waals surface area contributed by atoms with E-state index in [1.807, 2.05) is 62.2 Å². The molecule has 3 aromatic carbocycles. The van der Waals surface area contributed by atoms with Crippen molar-refractivity contribution in [2.45, 2.75) is 76.8 Å². The first-order chi connectivity index (χ1) is 26.0. The van der Waals surface area contributed by atoms with Gasteiger partial charge in [-0.15, -0.1) is 22.6 Å². The normalized spacial score (nSPS) is 16.4. The number of aliphatic carboxylic acids is 1. The molecule has 0 unspecified atom stereocenters. The van der Waals surface area contributed by atoms with Crippen LogP contribution in [0.3, 0.4) is 0 Å². The third-order valence-corrected chi connectivity index (χ3v) is 9.67. The number of H-pyrrole nitrogens is 1. The van der Waals surface area contributed by atoms with Gasteiger partial charge < -0.3 is 31.8 Å². The number of nitrogens with one attached hydrogen (secondary N) is 4. The zero-order valence-corrected chi connectivity index (χ0v) is 31.7. The van der Waals surface area contributed by atoms with Gasteiger partial charge in [-0.1, -0.05) is 30.3 Å². The molecule has 1 aromatic heterocycles. The molecule has 17 heteroatoms. The zero-order chi connectivity index (χ0) is 40.1. The van der Waals surface area contributed by atoms with Crippen LogP contribution in [0.2, 0.25) is 0 Å². The van der Waals surface area contributed by atoms with Crippen LogP contribution in [-0.2, 0) is 26.7 Å². The number of aromatic amines is 1. The van der Waals surface area contributed by atoms with Crippen molar-refractivity contribution in [3.05, 3.63) is 89.2 Å². The van der Waals surface area contributed by atoms with Crippen molar-refractivity contribution in [3.63, 3.8) is 0 Å². The van der Waals surface area contributed by atoms with E-state index in [2.05, 4.69) is 26.1 Å². The van der Waals surface area contributed by atoms with Crippen LogP contribution < -0.4 is 21.7 Å². The number of rotatable bonds is 14. The summed E-state index contributed by atoms with van der Waals surface area (Å²) in [5.41, 5.74) is 10.3. The minimum absolute atomic E-state index is 0. The van der Waals surface area contributed by atoms with Gasteiger partial charge in [0.25, 0.3) is 5.91 Å². The van der Waals surface area contributed by atoms with Crippen LogP contribution >= 0.6 is 12.4 Å². The topological polar surface area (TPSA) is 192 Å². The third-order valence-electron chi connectivity index (χ3n) is 9.67. The average Bonchev–Trinajstić information content (AvgIpc) is 3.66. The number of carbonyl (C=O) groups excluding carboxylic acids is 3. The van der Waals surface area contributed by atoms with Gasteiger partial charge in [0.1, 0.15) is 6.04 Å². The van der Waals surface area contributed by atoms with Crippen LogP contribution in [-0.4, -0.2) is 68.5 Å². The van der Waals surface area contributed by atoms with Crippen LogP contribution in [0.5, 0.6) is 0 Å². The molecule has 1 saturated carbocycles. The number of hydrogen-bond acceptors (Lipinski definition) is 7. The van der Waals surface area contributed by atoms with Gasteiger partial charge in [0, 0.05) is 35.2 Å². The van der Waals surface area contributed by atoms with E-state index >= 15 is 0 Å². The lowest BCUT2D eigenvalue weighted by molar-refractivity contribution is -0.231. The predicted octanol–water partition coefficient (Wildman–Crippen LogP) is 6.25. The second-order valence-corrected chi connectivity index (χ2v) is 14.1. The molecular weight excluding hydrogens is 758 g/mol. The van der Waals surface area contributed by atoms with E-state index in [4.69, 9.17) is 10.8 Å². The molecule has 300 valence electrons. The number of aryl methyl sites for hydroxylation is 1. The number of carbonyl (C=O) groups is 4. The van der Waals surface area contributed by atoms with E-state index in [9.17, 15) is 36.7 Å². The van der Waals surface area contributed by atoms with E-state index in [0.29, 0.717) is 30.9 Å². The van der Waals surface area contributed by atoms with Crippen molar-refractivity contribution >= 4 is 41.8 Å². The van der Waals surface area contributed by atoms with Gasteiger partial charge in [-0.05, 0) is 118 Å². The Hall–Kier alpha value is -5.35. The van der Waals surface area contributed by atoms with Gasteiger partial charge in [-0.2, -0.15) is 17.6 Å². The van der Waals surface area contributed by atoms with Gasteiger partial charge in [-0.3, -0.25) is 14.4 Å². The summed E-state index contributed by atoms with van der Waals surface area (Å²) in [5.74, 6) is -16.4. The first-order valence-electron chi connectivity index (χ1n) is 17.8. The van der Waals surface area contributed by atoms with Crippen molar-refractivity contribution in [2.24, 2.45) is 17.6 Å². The number of anilines is 1. The maximum absolute atomic E-state index is 14.2. The maximum atomic E-state index is 14.2. The van der Waals surface area contributed by atoms with Crippen LogP contribution in [0.4, 0.5) is 23.2 Å². The smallest absolute Gasteiger partial charge is 0.411 e. The first-order valence-corrected chi connectivity index (χ1v) is 17.8. The summed E-state index contributed by atoms with van der Waals surface area (Å²) in [7, 11) is 0. The van der Waals surface area contributed by atoms with E-state index in [1.54, 1.807) is 6.07 Å². The lowest BCUT2D eigenvalue weighted by Crippen LogP contribution is -2.48. The number of halogens is 5. The minimum atomic E-state index is -5.44. The van der Waals surface area contributed by atoms with Crippen LogP contribution in [0.1, 0.15) is 66.8 Å². The largest absolute Gasteiger partial charge is 0.477 e. The Balaban J connectivity index is 0.00000696. The maximum Gasteiger partial charge on any atom is 0.411 e. The lowest BCUT2D eigenvalue weighted by Gasteiger charge is -2.28. The van der Waals surface area contributed by atoms with Crippen molar-refractivity contribution < 1.29 is 41.8 Å². The molecule has 3 amide bonds. The van der Waals surface area contributed by atoms with Gasteiger partial charge in [-0.25, -0.2) is 4.79 Å². The highest BCUT2D eigenvalue weighted by atomic mass is 35.5. The molecule has 1 aliphatic rings. The molecular formula is C39H44ClF4N7O5. The second kappa shape index (κ2) is 18.1. The van der Waals surface area contributed by atoms with Gasteiger partial charge >= 0.3 is 17.8 Å². The Kier molecular flexibility index (Phi) is 14.0. The molecule has 1 fully saturated rings. The van der Waals surface area contributed by atoms with Crippen LogP contribution in [0.15, 0.2) is 66.7 Å². The monoisotopic (exact) mass is 801 g/mol. The fourth-order valence-corrected chi connectivity index (χ4v) is 6.45. The zero-order valence-electron chi connectivity index (χ0n) is 30.9. The summed E-state index contributed by atoms with van der Waals surface area (Å²) in [6, 6.07) is 17.6. The molecule has 1 heterocycles. The number of amides is 3. The van der Waals surface area contributed by atoms with Crippen molar-refractivity contribution in [1.29, 1.82) is 0 Å². The Bertz CT molecular complexity index is 2020.